The Balaban J connectivity index is 1.17. The second-order valence-electron chi connectivity index (χ2n) is 12.5. The number of thioether (sulfide) groups is 1. The van der Waals surface area contributed by atoms with E-state index in [2.05, 4.69) is 181 Å². The van der Waals surface area contributed by atoms with Crippen molar-refractivity contribution in [1.82, 2.24) is 4.58 Å². The maximum atomic E-state index is 2.38. The fourth-order valence-electron chi connectivity index (χ4n) is 7.20. The van der Waals surface area contributed by atoms with Crippen LogP contribution in [0.4, 0.5) is 11.4 Å². The Morgan fingerprint density at radius 3 is 1.98 bits per heavy atom. The summed E-state index contributed by atoms with van der Waals surface area (Å²) < 4.78 is 2.30. The fourth-order valence-corrected chi connectivity index (χ4v) is 9.66. The molecule has 0 saturated carbocycles. The van der Waals surface area contributed by atoms with Gasteiger partial charge in [0.15, 0.2) is 0 Å². The first-order valence-electron chi connectivity index (χ1n) is 16.3. The van der Waals surface area contributed by atoms with Gasteiger partial charge in [0.2, 0.25) is 11.0 Å². The maximum Gasteiger partial charge on any atom is 0.219 e. The number of hydrogen-bond acceptors (Lipinski definition) is 3. The summed E-state index contributed by atoms with van der Waals surface area (Å²) in [7, 11) is 4.35. The van der Waals surface area contributed by atoms with Crippen LogP contribution in [0.2, 0.25) is 0 Å². The summed E-state index contributed by atoms with van der Waals surface area (Å²) >= 11 is 3.74. The highest BCUT2D eigenvalue weighted by atomic mass is 32.2. The molecule has 2 nitrogen and oxygen atoms in total. The molecule has 0 bridgehead atoms. The average Bonchev–Trinajstić information content (AvgIpc) is 3.13. The number of para-hydroxylation sites is 2. The van der Waals surface area contributed by atoms with Crippen molar-refractivity contribution in [3.05, 3.63) is 171 Å². The Morgan fingerprint density at radius 1 is 0.625 bits per heavy atom. The molecule has 2 aliphatic heterocycles. The number of likely N-dealkylation sites (N-methyl/N-ethyl adjacent to an activating group) is 1. The first-order valence-corrected chi connectivity index (χ1v) is 18.0. The summed E-state index contributed by atoms with van der Waals surface area (Å²) in [5, 5.41) is 10.0. The Labute approximate surface area is 288 Å². The monoisotopic (exact) mass is 653 g/mol. The summed E-state index contributed by atoms with van der Waals surface area (Å²) in [6.45, 7) is 0. The third-order valence-corrected chi connectivity index (χ3v) is 11.9. The number of rotatable bonds is 2. The molecule has 1 atom stereocenters. The molecule has 3 aliphatic rings. The number of fused-ring (bicyclic) bond motifs is 6. The van der Waals surface area contributed by atoms with Crippen LogP contribution in [0.5, 0.6) is 0 Å². The molecular weight excluding hydrogens is 621 g/mol. The molecule has 2 heterocycles. The van der Waals surface area contributed by atoms with Crippen LogP contribution in [0.3, 0.4) is 0 Å². The van der Waals surface area contributed by atoms with E-state index in [0.29, 0.717) is 0 Å². The zero-order valence-corrected chi connectivity index (χ0v) is 28.4. The Bertz CT molecular complexity index is 2600. The number of hydrogen-bond donors (Lipinski definition) is 0. The van der Waals surface area contributed by atoms with Gasteiger partial charge in [0.05, 0.1) is 21.5 Å². The SMILES string of the molecule is CN1c2ccccc2SC2=C/C(=C/C=c3c4ccccc4c(=C/C=c4\ccc5c(c4)Sc4ccccc4[N+]=5C)c4ccccc34)C=CC21. The van der Waals surface area contributed by atoms with E-state index in [1.54, 1.807) is 0 Å². The van der Waals surface area contributed by atoms with Crippen molar-refractivity contribution in [1.29, 1.82) is 0 Å². The van der Waals surface area contributed by atoms with Gasteiger partial charge in [-0.3, -0.25) is 0 Å². The van der Waals surface area contributed by atoms with Crippen LogP contribution < -0.4 is 30.5 Å². The van der Waals surface area contributed by atoms with Gasteiger partial charge in [0, 0.05) is 29.0 Å². The molecule has 0 radical (unpaired) electrons. The number of allylic oxidation sites excluding steroid dienone is 4. The lowest BCUT2D eigenvalue weighted by Gasteiger charge is -2.37. The molecule has 6 aromatic rings. The Kier molecular flexibility index (Phi) is 7.22. The fraction of sp³-hybridized carbons (Fsp3) is 0.0682. The normalized spacial score (nSPS) is 17.5. The molecule has 0 spiro atoms. The lowest BCUT2D eigenvalue weighted by atomic mass is 9.96. The van der Waals surface area contributed by atoms with Gasteiger partial charge in [0.1, 0.15) is 7.05 Å². The minimum absolute atomic E-state index is 0.278. The van der Waals surface area contributed by atoms with Gasteiger partial charge in [-0.2, -0.15) is 4.58 Å². The number of nitrogens with zero attached hydrogens (tertiary/aromatic N) is 2. The van der Waals surface area contributed by atoms with E-state index in [9.17, 15) is 0 Å². The standard InChI is InChI=1S/C44H33N2S2/c1-45-37-15-7-9-17-41(37)47-43-27-29(21-25-39(43)45)19-23-35-31-11-3-5-13-33(31)36(34-14-6-4-12-32(34)35)24-20-30-22-26-40-44(28-30)48-42-18-10-8-16-38(42)46(40)2/h3-28,39H,1-2H3/q+1/b29-19+,30-20+,35-23?,36-24?. The average molecular weight is 654 g/mol. The molecule has 48 heavy (non-hydrogen) atoms. The van der Waals surface area contributed by atoms with E-state index < -0.39 is 0 Å². The van der Waals surface area contributed by atoms with Crippen molar-refractivity contribution >= 4 is 74.7 Å². The van der Waals surface area contributed by atoms with E-state index in [4.69, 9.17) is 0 Å². The van der Waals surface area contributed by atoms with Crippen molar-refractivity contribution in [2.24, 2.45) is 0 Å². The minimum Gasteiger partial charge on any atom is -0.363 e. The Morgan fingerprint density at radius 2 is 1.25 bits per heavy atom. The van der Waals surface area contributed by atoms with Gasteiger partial charge in [-0.15, -0.1) is 0 Å². The van der Waals surface area contributed by atoms with E-state index in [1.807, 2.05) is 23.5 Å². The van der Waals surface area contributed by atoms with Crippen LogP contribution in [0.1, 0.15) is 0 Å². The third-order valence-electron chi connectivity index (χ3n) is 9.65. The molecule has 1 unspecified atom stereocenters. The summed E-state index contributed by atoms with van der Waals surface area (Å²) in [5.74, 6) is 0. The molecule has 6 aromatic carbocycles. The van der Waals surface area contributed by atoms with E-state index in [0.717, 1.165) is 0 Å². The minimum atomic E-state index is 0.278. The van der Waals surface area contributed by atoms with Crippen LogP contribution in [-0.2, 0) is 0 Å². The summed E-state index contributed by atoms with van der Waals surface area (Å²) in [6.07, 6.45) is 16.1. The lowest BCUT2D eigenvalue weighted by molar-refractivity contribution is 0.840. The van der Waals surface area contributed by atoms with Gasteiger partial charge in [-0.05, 0) is 79.2 Å². The van der Waals surface area contributed by atoms with Crippen molar-refractivity contribution < 1.29 is 0 Å². The number of anilines is 1. The van der Waals surface area contributed by atoms with Crippen LogP contribution in [0.15, 0.2) is 165 Å². The van der Waals surface area contributed by atoms with Crippen molar-refractivity contribution in [3.63, 3.8) is 0 Å². The second-order valence-corrected chi connectivity index (χ2v) is 14.7. The quantitative estimate of drug-likeness (QED) is 0.138. The van der Waals surface area contributed by atoms with Crippen molar-refractivity contribution in [3.8, 4) is 0 Å². The predicted octanol–water partition coefficient (Wildman–Crippen LogP) is 7.94. The molecule has 230 valence electrons. The van der Waals surface area contributed by atoms with E-state index >= 15 is 0 Å². The molecule has 0 amide bonds. The third kappa shape index (κ3) is 4.95. The van der Waals surface area contributed by atoms with Crippen molar-refractivity contribution in [2.75, 3.05) is 19.0 Å². The van der Waals surface area contributed by atoms with Crippen LogP contribution in [-0.4, -0.2) is 20.1 Å². The number of benzene rings is 6. The van der Waals surface area contributed by atoms with Gasteiger partial charge in [-0.1, -0.05) is 133 Å². The van der Waals surface area contributed by atoms with Crippen LogP contribution >= 0.6 is 23.5 Å². The molecule has 0 saturated heterocycles. The van der Waals surface area contributed by atoms with Gasteiger partial charge >= 0.3 is 0 Å². The Hall–Kier alpha value is -5.03. The highest BCUT2D eigenvalue weighted by Crippen LogP contribution is 2.45. The first kappa shape index (κ1) is 29.1. The first-order chi connectivity index (χ1) is 23.6. The molecule has 0 aromatic heterocycles. The van der Waals surface area contributed by atoms with E-state index in [1.165, 1.54) is 79.1 Å². The lowest BCUT2D eigenvalue weighted by Crippen LogP contribution is -2.34. The zero-order valence-electron chi connectivity index (χ0n) is 26.8. The molecule has 0 N–H and O–H groups in total. The highest BCUT2D eigenvalue weighted by Gasteiger charge is 2.28. The van der Waals surface area contributed by atoms with Crippen molar-refractivity contribution in [2.45, 2.75) is 20.7 Å². The molecule has 1 aliphatic carbocycles. The zero-order chi connectivity index (χ0) is 32.2. The summed E-state index contributed by atoms with van der Waals surface area (Å²) in [5.41, 5.74) is 3.77. The predicted molar refractivity (Wildman–Crippen MR) is 207 cm³/mol. The van der Waals surface area contributed by atoms with Crippen LogP contribution in [0.25, 0.3) is 39.8 Å². The van der Waals surface area contributed by atoms with Crippen LogP contribution in [0, 0.1) is 0 Å². The smallest absolute Gasteiger partial charge is 0.219 e. The summed E-state index contributed by atoms with van der Waals surface area (Å²) in [4.78, 5) is 7.63. The van der Waals surface area contributed by atoms with Gasteiger partial charge in [0.25, 0.3) is 0 Å². The topological polar surface area (TPSA) is 6.25 Å². The van der Waals surface area contributed by atoms with Gasteiger partial charge < -0.3 is 4.90 Å². The summed E-state index contributed by atoms with van der Waals surface area (Å²) in [6, 6.07) is 42.1. The molecule has 4 heteroatoms. The highest BCUT2D eigenvalue weighted by molar-refractivity contribution is 8.03. The van der Waals surface area contributed by atoms with E-state index in [-0.39, 0.29) is 6.04 Å². The molecule has 9 rings (SSSR count). The second kappa shape index (κ2) is 11.9. The molecule has 0 fully saturated rings. The maximum absolute atomic E-state index is 2.38. The van der Waals surface area contributed by atoms with Gasteiger partial charge in [-0.25, -0.2) is 0 Å². The molecular formula is C44H33N2S2+. The largest absolute Gasteiger partial charge is 0.363 e.